The summed E-state index contributed by atoms with van der Waals surface area (Å²) in [5.41, 5.74) is 2.03. The Hall–Kier alpha value is -2.48. The zero-order chi connectivity index (χ0) is 13.1. The molecule has 2 heteroatoms. The SMILES string of the molecule is COc1ccc(/C=C/c2cc3ccccc3o2)cc1. The fraction of sp³-hybridized carbons (Fsp3) is 0.0588. The van der Waals surface area contributed by atoms with Crippen molar-refractivity contribution in [2.75, 3.05) is 7.11 Å². The molecule has 19 heavy (non-hydrogen) atoms. The second kappa shape index (κ2) is 5.02. The van der Waals surface area contributed by atoms with E-state index in [0.717, 1.165) is 28.0 Å². The summed E-state index contributed by atoms with van der Waals surface area (Å²) in [6, 6.07) is 17.9. The van der Waals surface area contributed by atoms with E-state index in [0.29, 0.717) is 0 Å². The number of benzene rings is 2. The van der Waals surface area contributed by atoms with Crippen molar-refractivity contribution in [3.63, 3.8) is 0 Å². The number of furan rings is 1. The predicted molar refractivity (Wildman–Crippen MR) is 78.1 cm³/mol. The Morgan fingerprint density at radius 1 is 0.947 bits per heavy atom. The third-order valence-electron chi connectivity index (χ3n) is 3.00. The van der Waals surface area contributed by atoms with Crippen LogP contribution in [0.25, 0.3) is 23.1 Å². The molecule has 0 saturated carbocycles. The number of ether oxygens (including phenoxy) is 1. The number of hydrogen-bond acceptors (Lipinski definition) is 2. The summed E-state index contributed by atoms with van der Waals surface area (Å²) in [6.07, 6.45) is 4.00. The molecule has 2 nitrogen and oxygen atoms in total. The predicted octanol–water partition coefficient (Wildman–Crippen LogP) is 4.61. The highest BCUT2D eigenvalue weighted by molar-refractivity contribution is 5.81. The quantitative estimate of drug-likeness (QED) is 0.677. The van der Waals surface area contributed by atoms with Crippen molar-refractivity contribution >= 4 is 23.1 Å². The van der Waals surface area contributed by atoms with Crippen molar-refractivity contribution in [3.05, 3.63) is 65.9 Å². The topological polar surface area (TPSA) is 22.4 Å². The molecule has 2 aromatic carbocycles. The zero-order valence-electron chi connectivity index (χ0n) is 10.7. The Kier molecular flexibility index (Phi) is 3.07. The average Bonchev–Trinajstić information content (AvgIpc) is 2.88. The third kappa shape index (κ3) is 2.52. The first-order valence-corrected chi connectivity index (χ1v) is 6.16. The Morgan fingerprint density at radius 3 is 2.47 bits per heavy atom. The van der Waals surface area contributed by atoms with Gasteiger partial charge in [-0.1, -0.05) is 36.4 Å². The maximum Gasteiger partial charge on any atom is 0.134 e. The molecule has 3 aromatic rings. The number of hydrogen-bond donors (Lipinski definition) is 0. The lowest BCUT2D eigenvalue weighted by Crippen LogP contribution is -1.81. The van der Waals surface area contributed by atoms with Crippen LogP contribution in [0.1, 0.15) is 11.3 Å². The molecule has 0 amide bonds. The highest BCUT2D eigenvalue weighted by Crippen LogP contribution is 2.21. The van der Waals surface area contributed by atoms with Crippen LogP contribution in [0.4, 0.5) is 0 Å². The van der Waals surface area contributed by atoms with E-state index < -0.39 is 0 Å². The molecular formula is C17H14O2. The minimum Gasteiger partial charge on any atom is -0.497 e. The van der Waals surface area contributed by atoms with Crippen molar-refractivity contribution in [1.82, 2.24) is 0 Å². The standard InChI is InChI=1S/C17H14O2/c1-18-15-9-6-13(7-10-15)8-11-16-12-14-4-2-3-5-17(14)19-16/h2-12H,1H3/b11-8+. The third-order valence-corrected chi connectivity index (χ3v) is 3.00. The molecule has 1 heterocycles. The van der Waals surface area contributed by atoms with E-state index in [2.05, 4.69) is 0 Å². The summed E-state index contributed by atoms with van der Waals surface area (Å²) < 4.78 is 10.9. The zero-order valence-corrected chi connectivity index (χ0v) is 10.7. The number of para-hydroxylation sites is 1. The molecular weight excluding hydrogens is 236 g/mol. The van der Waals surface area contributed by atoms with Crippen LogP contribution in [0.2, 0.25) is 0 Å². The van der Waals surface area contributed by atoms with Crippen molar-refractivity contribution in [1.29, 1.82) is 0 Å². The van der Waals surface area contributed by atoms with Gasteiger partial charge in [-0.15, -0.1) is 0 Å². The molecule has 0 fully saturated rings. The minimum atomic E-state index is 0.858. The molecule has 0 atom stereocenters. The van der Waals surface area contributed by atoms with Crippen LogP contribution in [0.5, 0.6) is 5.75 Å². The molecule has 0 radical (unpaired) electrons. The van der Waals surface area contributed by atoms with Crippen molar-refractivity contribution < 1.29 is 9.15 Å². The van der Waals surface area contributed by atoms with Gasteiger partial charge in [0.15, 0.2) is 0 Å². The second-order valence-corrected chi connectivity index (χ2v) is 4.29. The van der Waals surface area contributed by atoms with Gasteiger partial charge >= 0.3 is 0 Å². The molecule has 0 N–H and O–H groups in total. The molecule has 1 aromatic heterocycles. The smallest absolute Gasteiger partial charge is 0.134 e. The van der Waals surface area contributed by atoms with Gasteiger partial charge in [-0.2, -0.15) is 0 Å². The van der Waals surface area contributed by atoms with Crippen molar-refractivity contribution in [2.24, 2.45) is 0 Å². The van der Waals surface area contributed by atoms with Gasteiger partial charge in [0.2, 0.25) is 0 Å². The molecule has 0 saturated heterocycles. The van der Waals surface area contributed by atoms with Gasteiger partial charge in [-0.25, -0.2) is 0 Å². The lowest BCUT2D eigenvalue weighted by molar-refractivity contribution is 0.415. The molecule has 3 rings (SSSR count). The van der Waals surface area contributed by atoms with Crippen LogP contribution >= 0.6 is 0 Å². The van der Waals surface area contributed by atoms with Gasteiger partial charge in [0.05, 0.1) is 7.11 Å². The van der Waals surface area contributed by atoms with E-state index in [1.54, 1.807) is 7.11 Å². The van der Waals surface area contributed by atoms with Crippen LogP contribution in [-0.2, 0) is 0 Å². The highest BCUT2D eigenvalue weighted by Gasteiger charge is 1.99. The summed E-state index contributed by atoms with van der Waals surface area (Å²) in [5, 5.41) is 1.12. The second-order valence-electron chi connectivity index (χ2n) is 4.29. The fourth-order valence-electron chi connectivity index (χ4n) is 1.98. The normalized spacial score (nSPS) is 11.2. The maximum atomic E-state index is 5.72. The van der Waals surface area contributed by atoms with E-state index >= 15 is 0 Å². The molecule has 0 aliphatic heterocycles. The van der Waals surface area contributed by atoms with Crippen molar-refractivity contribution in [3.8, 4) is 5.75 Å². The van der Waals surface area contributed by atoms with Crippen LogP contribution in [0, 0.1) is 0 Å². The van der Waals surface area contributed by atoms with E-state index in [9.17, 15) is 0 Å². The summed E-state index contributed by atoms with van der Waals surface area (Å²) in [7, 11) is 1.67. The van der Waals surface area contributed by atoms with Crippen molar-refractivity contribution in [2.45, 2.75) is 0 Å². The van der Waals surface area contributed by atoms with Gasteiger partial charge in [0.1, 0.15) is 17.1 Å². The first-order chi connectivity index (χ1) is 9.35. The monoisotopic (exact) mass is 250 g/mol. The number of methoxy groups -OCH3 is 1. The molecule has 0 spiro atoms. The van der Waals surface area contributed by atoms with E-state index in [1.165, 1.54) is 0 Å². The Bertz CT molecular complexity index is 672. The summed E-state index contributed by atoms with van der Waals surface area (Å²) in [4.78, 5) is 0. The summed E-state index contributed by atoms with van der Waals surface area (Å²) in [6.45, 7) is 0. The fourth-order valence-corrected chi connectivity index (χ4v) is 1.98. The van der Waals surface area contributed by atoms with E-state index in [1.807, 2.05) is 66.7 Å². The van der Waals surface area contributed by atoms with E-state index in [-0.39, 0.29) is 0 Å². The molecule has 0 aliphatic carbocycles. The number of fused-ring (bicyclic) bond motifs is 1. The van der Waals surface area contributed by atoms with Gasteiger partial charge < -0.3 is 9.15 Å². The first-order valence-electron chi connectivity index (χ1n) is 6.16. The minimum absolute atomic E-state index is 0.858. The molecule has 94 valence electrons. The van der Waals surface area contributed by atoms with Gasteiger partial charge in [0.25, 0.3) is 0 Å². The first kappa shape index (κ1) is 11.6. The highest BCUT2D eigenvalue weighted by atomic mass is 16.5. The van der Waals surface area contributed by atoms with Gasteiger partial charge in [0, 0.05) is 5.39 Å². The number of rotatable bonds is 3. The Labute approximate surface area is 111 Å². The Balaban J connectivity index is 1.84. The lowest BCUT2D eigenvalue weighted by Gasteiger charge is -1.98. The Morgan fingerprint density at radius 2 is 1.74 bits per heavy atom. The van der Waals surface area contributed by atoms with Gasteiger partial charge in [-0.3, -0.25) is 0 Å². The molecule has 0 aliphatic rings. The molecule has 0 bridgehead atoms. The lowest BCUT2D eigenvalue weighted by atomic mass is 10.2. The van der Waals surface area contributed by atoms with Crippen LogP contribution in [0.3, 0.4) is 0 Å². The summed E-state index contributed by atoms with van der Waals surface area (Å²) >= 11 is 0. The largest absolute Gasteiger partial charge is 0.497 e. The van der Waals surface area contributed by atoms with Crippen LogP contribution in [0.15, 0.2) is 59.0 Å². The van der Waals surface area contributed by atoms with Crippen LogP contribution < -0.4 is 4.74 Å². The maximum absolute atomic E-state index is 5.72. The van der Waals surface area contributed by atoms with Gasteiger partial charge in [-0.05, 0) is 35.9 Å². The summed E-state index contributed by atoms with van der Waals surface area (Å²) in [5.74, 6) is 1.72. The molecule has 0 unspecified atom stereocenters. The van der Waals surface area contributed by atoms with Crippen LogP contribution in [-0.4, -0.2) is 7.11 Å². The van der Waals surface area contributed by atoms with E-state index in [4.69, 9.17) is 9.15 Å². The average molecular weight is 250 g/mol.